The molecule has 0 unspecified atom stereocenters. The van der Waals surface area contributed by atoms with E-state index < -0.39 is 0 Å². The van der Waals surface area contributed by atoms with Crippen molar-refractivity contribution < 1.29 is 0 Å². The maximum absolute atomic E-state index is 4.22. The average Bonchev–Trinajstić information content (AvgIpc) is 2.70. The van der Waals surface area contributed by atoms with Crippen LogP contribution in [0.4, 0.5) is 0 Å². The normalized spacial score (nSPS) is 10.1. The van der Waals surface area contributed by atoms with Crippen LogP contribution in [0.1, 0.15) is 101 Å². The van der Waals surface area contributed by atoms with Crippen molar-refractivity contribution in [2.24, 2.45) is 0 Å². The molecule has 3 aromatic heterocycles. The second-order valence-electron chi connectivity index (χ2n) is 8.23. The molecule has 0 saturated carbocycles. The van der Waals surface area contributed by atoms with Crippen molar-refractivity contribution in [3.05, 3.63) is 71.3 Å². The van der Waals surface area contributed by atoms with Gasteiger partial charge in [0.1, 0.15) is 11.6 Å². The third kappa shape index (κ3) is 11.3. The molecule has 0 N–H and O–H groups in total. The van der Waals surface area contributed by atoms with Crippen molar-refractivity contribution in [3.8, 4) is 0 Å². The Morgan fingerprint density at radius 3 is 1.48 bits per heavy atom. The van der Waals surface area contributed by atoms with Crippen LogP contribution in [0.3, 0.4) is 0 Å². The van der Waals surface area contributed by atoms with E-state index in [0.717, 1.165) is 28.6 Å². The highest BCUT2D eigenvalue weighted by Gasteiger charge is 2.00. The van der Waals surface area contributed by atoms with Gasteiger partial charge in [0, 0.05) is 43.1 Å². The van der Waals surface area contributed by atoms with Gasteiger partial charge in [0.15, 0.2) is 0 Å². The van der Waals surface area contributed by atoms with Crippen molar-refractivity contribution in [2.75, 3.05) is 0 Å². The topological polar surface area (TPSA) is 77.3 Å². The minimum atomic E-state index is 0. The lowest BCUT2D eigenvalue weighted by Gasteiger charge is -2.01. The zero-order valence-corrected chi connectivity index (χ0v) is 19.9. The van der Waals surface area contributed by atoms with Gasteiger partial charge in [-0.2, -0.15) is 0 Å². The van der Waals surface area contributed by atoms with Crippen molar-refractivity contribution in [1.29, 1.82) is 0 Å². The van der Waals surface area contributed by atoms with Gasteiger partial charge in [0.05, 0.1) is 11.4 Å². The molecule has 3 heterocycles. The Hall–Kier alpha value is -2.76. The van der Waals surface area contributed by atoms with Gasteiger partial charge >= 0.3 is 0 Å². The van der Waals surface area contributed by atoms with Gasteiger partial charge in [-0.1, -0.05) is 49.0 Å². The van der Waals surface area contributed by atoms with Crippen LogP contribution in [-0.2, 0) is 0 Å². The van der Waals surface area contributed by atoms with Crippen LogP contribution in [0.25, 0.3) is 0 Å². The van der Waals surface area contributed by atoms with Crippen LogP contribution in [0, 0.1) is 20.8 Å². The molecule has 3 rings (SSSR count). The predicted octanol–water partition coefficient (Wildman–Crippen LogP) is 6.36. The molecule has 170 valence electrons. The summed E-state index contributed by atoms with van der Waals surface area (Å²) in [5.74, 6) is 3.20. The number of aromatic nitrogens is 6. The maximum atomic E-state index is 4.22. The van der Waals surface area contributed by atoms with Gasteiger partial charge in [-0.15, -0.1) is 0 Å². The molecule has 0 bridgehead atoms. The number of aryl methyl sites for hydroxylation is 3. The molecule has 0 amide bonds. The fourth-order valence-electron chi connectivity index (χ4n) is 2.10. The van der Waals surface area contributed by atoms with Gasteiger partial charge < -0.3 is 0 Å². The van der Waals surface area contributed by atoms with Crippen LogP contribution in [0.15, 0.2) is 37.2 Å². The van der Waals surface area contributed by atoms with E-state index in [2.05, 4.69) is 71.4 Å². The average molecular weight is 425 g/mol. The summed E-state index contributed by atoms with van der Waals surface area (Å²) in [4.78, 5) is 24.9. The minimum Gasteiger partial charge on any atom is -0.258 e. The minimum absolute atomic E-state index is 0. The highest BCUT2D eigenvalue weighted by Crippen LogP contribution is 2.10. The first-order chi connectivity index (χ1) is 14.1. The molecule has 0 aliphatic rings. The Labute approximate surface area is 189 Å². The Kier molecular flexibility index (Phi) is 13.0. The summed E-state index contributed by atoms with van der Waals surface area (Å²) in [7, 11) is 0. The van der Waals surface area contributed by atoms with Crippen molar-refractivity contribution in [2.45, 2.75) is 87.5 Å². The first-order valence-electron chi connectivity index (χ1n) is 10.5. The number of nitrogens with zero attached hydrogens (tertiary/aromatic N) is 6. The van der Waals surface area contributed by atoms with Gasteiger partial charge in [-0.3, -0.25) is 9.97 Å². The van der Waals surface area contributed by atoms with Gasteiger partial charge in [0.2, 0.25) is 0 Å². The molecular weight excluding hydrogens is 384 g/mol. The monoisotopic (exact) mass is 424 g/mol. The summed E-state index contributed by atoms with van der Waals surface area (Å²) >= 11 is 0. The highest BCUT2D eigenvalue weighted by atomic mass is 14.9. The molecule has 0 spiro atoms. The quantitative estimate of drug-likeness (QED) is 0.487. The van der Waals surface area contributed by atoms with E-state index in [1.807, 2.05) is 51.8 Å². The molecular formula is C25H40N6. The van der Waals surface area contributed by atoms with Crippen LogP contribution in [0.2, 0.25) is 0 Å². The highest BCUT2D eigenvalue weighted by molar-refractivity contribution is 5.09. The first kappa shape index (κ1) is 28.2. The molecule has 0 radical (unpaired) electrons. The van der Waals surface area contributed by atoms with Crippen molar-refractivity contribution >= 4 is 0 Å². The number of hydrogen-bond donors (Lipinski definition) is 0. The molecule has 3 aromatic rings. The van der Waals surface area contributed by atoms with Crippen molar-refractivity contribution in [1.82, 2.24) is 29.9 Å². The third-order valence-electron chi connectivity index (χ3n) is 4.18. The van der Waals surface area contributed by atoms with Crippen LogP contribution >= 0.6 is 0 Å². The summed E-state index contributed by atoms with van der Waals surface area (Å²) in [6.07, 6.45) is 11.1. The van der Waals surface area contributed by atoms with E-state index in [9.17, 15) is 0 Å². The lowest BCUT2D eigenvalue weighted by atomic mass is 10.1. The van der Waals surface area contributed by atoms with E-state index in [1.54, 1.807) is 6.20 Å². The molecule has 0 fully saturated rings. The molecule has 6 nitrogen and oxygen atoms in total. The summed E-state index contributed by atoms with van der Waals surface area (Å²) in [5, 5.41) is 0. The van der Waals surface area contributed by atoms with Crippen molar-refractivity contribution in [3.63, 3.8) is 0 Å². The van der Waals surface area contributed by atoms with Gasteiger partial charge in [-0.25, -0.2) is 19.9 Å². The molecule has 0 aliphatic carbocycles. The Balaban J connectivity index is 0.000000429. The number of rotatable bonds is 3. The predicted molar refractivity (Wildman–Crippen MR) is 129 cm³/mol. The second-order valence-corrected chi connectivity index (χ2v) is 8.23. The SMILES string of the molecule is C.Cc1cnc(C(C)C)cn1.Cc1cnc(C(C)C)nc1.Cc1ncc(C(C)C)cn1. The zero-order valence-electron chi connectivity index (χ0n) is 19.9. The smallest absolute Gasteiger partial charge is 0.130 e. The van der Waals surface area contributed by atoms with E-state index in [4.69, 9.17) is 0 Å². The first-order valence-corrected chi connectivity index (χ1v) is 10.5. The van der Waals surface area contributed by atoms with E-state index in [1.165, 1.54) is 5.56 Å². The van der Waals surface area contributed by atoms with Crippen LogP contribution < -0.4 is 0 Å². The molecule has 0 aromatic carbocycles. The molecule has 6 heteroatoms. The van der Waals surface area contributed by atoms with E-state index in [-0.39, 0.29) is 7.43 Å². The lowest BCUT2D eigenvalue weighted by molar-refractivity contribution is 0.771. The molecule has 0 aliphatic heterocycles. The van der Waals surface area contributed by atoms with Crippen LogP contribution in [-0.4, -0.2) is 29.9 Å². The van der Waals surface area contributed by atoms with E-state index >= 15 is 0 Å². The van der Waals surface area contributed by atoms with Gasteiger partial charge in [0.25, 0.3) is 0 Å². The summed E-state index contributed by atoms with van der Waals surface area (Å²) < 4.78 is 0. The fraction of sp³-hybridized carbons (Fsp3) is 0.520. The maximum Gasteiger partial charge on any atom is 0.130 e. The largest absolute Gasteiger partial charge is 0.258 e. The van der Waals surface area contributed by atoms with E-state index in [0.29, 0.717) is 17.8 Å². The second kappa shape index (κ2) is 14.3. The fourth-order valence-corrected chi connectivity index (χ4v) is 2.10. The summed E-state index contributed by atoms with van der Waals surface area (Å²) in [6.45, 7) is 18.5. The molecule has 0 atom stereocenters. The van der Waals surface area contributed by atoms with Crippen LogP contribution in [0.5, 0.6) is 0 Å². The Morgan fingerprint density at radius 2 is 1.10 bits per heavy atom. The standard InChI is InChI=1S/3C8H12N2.CH4/c1-6(2)8-4-9-7(3)10-5-8;1-6(2)8-5-9-7(3)4-10-8;1-6(2)8-9-4-7(3)5-10-8;/h3*4-6H,1-3H3;1H4. The number of hydrogen-bond acceptors (Lipinski definition) is 6. The van der Waals surface area contributed by atoms with Gasteiger partial charge in [-0.05, 0) is 43.7 Å². The Morgan fingerprint density at radius 1 is 0.548 bits per heavy atom. The zero-order chi connectivity index (χ0) is 22.7. The summed E-state index contributed by atoms with van der Waals surface area (Å²) in [5.41, 5.74) is 4.35. The Bertz CT molecular complexity index is 721. The summed E-state index contributed by atoms with van der Waals surface area (Å²) in [6, 6.07) is 0. The molecule has 31 heavy (non-hydrogen) atoms. The lowest BCUT2D eigenvalue weighted by Crippen LogP contribution is -1.95. The third-order valence-corrected chi connectivity index (χ3v) is 4.18. The molecule has 0 saturated heterocycles.